The zero-order valence-electron chi connectivity index (χ0n) is 10.8. The third-order valence-electron chi connectivity index (χ3n) is 4.08. The number of nitrogens with zero attached hydrogens (tertiary/aromatic N) is 2. The molecule has 0 radical (unpaired) electrons. The average molecular weight is 256 g/mol. The molecule has 1 aliphatic rings. The molecule has 0 fully saturated rings. The molecular formula is C15H16N2O2. The first-order chi connectivity index (χ1) is 9.16. The molecule has 98 valence electrons. The third-order valence-corrected chi connectivity index (χ3v) is 4.08. The van der Waals surface area contributed by atoms with Crippen molar-refractivity contribution in [3.8, 4) is 0 Å². The van der Waals surface area contributed by atoms with Gasteiger partial charge in [-0.2, -0.15) is 0 Å². The molecule has 0 saturated heterocycles. The summed E-state index contributed by atoms with van der Waals surface area (Å²) in [6.45, 7) is 2.16. The molecule has 2 aromatic rings. The number of aromatic nitrogens is 2. The molecule has 1 aromatic carbocycles. The van der Waals surface area contributed by atoms with Gasteiger partial charge in [-0.1, -0.05) is 13.0 Å². The zero-order valence-corrected chi connectivity index (χ0v) is 10.8. The lowest BCUT2D eigenvalue weighted by molar-refractivity contribution is 0.0696. The van der Waals surface area contributed by atoms with Crippen LogP contribution in [0.4, 0.5) is 0 Å². The van der Waals surface area contributed by atoms with Gasteiger partial charge in [-0.05, 0) is 36.1 Å². The van der Waals surface area contributed by atoms with E-state index in [1.165, 1.54) is 5.56 Å². The van der Waals surface area contributed by atoms with Crippen molar-refractivity contribution < 1.29 is 9.90 Å². The Morgan fingerprint density at radius 1 is 1.47 bits per heavy atom. The van der Waals surface area contributed by atoms with Crippen molar-refractivity contribution in [3.05, 3.63) is 53.6 Å². The monoisotopic (exact) mass is 256 g/mol. The first-order valence-electron chi connectivity index (χ1n) is 6.50. The summed E-state index contributed by atoms with van der Waals surface area (Å²) in [4.78, 5) is 15.2. The summed E-state index contributed by atoms with van der Waals surface area (Å²) in [6, 6.07) is 5.84. The van der Waals surface area contributed by atoms with Crippen molar-refractivity contribution in [2.75, 3.05) is 0 Å². The highest BCUT2D eigenvalue weighted by Gasteiger charge is 2.27. The summed E-state index contributed by atoms with van der Waals surface area (Å²) in [7, 11) is 0. The maximum absolute atomic E-state index is 11.1. The highest BCUT2D eigenvalue weighted by Crippen LogP contribution is 2.39. The van der Waals surface area contributed by atoms with Crippen LogP contribution < -0.4 is 0 Å². The molecule has 1 N–H and O–H groups in total. The van der Waals surface area contributed by atoms with Crippen molar-refractivity contribution >= 4 is 5.97 Å². The first kappa shape index (κ1) is 12.0. The van der Waals surface area contributed by atoms with Gasteiger partial charge in [0.1, 0.15) is 0 Å². The molecule has 2 unspecified atom stereocenters. The van der Waals surface area contributed by atoms with Crippen LogP contribution in [0, 0.1) is 0 Å². The Hall–Kier alpha value is -2.10. The molecule has 19 heavy (non-hydrogen) atoms. The highest BCUT2D eigenvalue weighted by atomic mass is 16.4. The van der Waals surface area contributed by atoms with Crippen LogP contribution in [-0.4, -0.2) is 20.6 Å². The van der Waals surface area contributed by atoms with Crippen LogP contribution in [0.1, 0.15) is 46.8 Å². The number of carboxylic acids is 1. The minimum Gasteiger partial charge on any atom is -0.478 e. The van der Waals surface area contributed by atoms with Crippen LogP contribution >= 0.6 is 0 Å². The number of carbonyl (C=O) groups is 1. The fraction of sp³-hybridized carbons (Fsp3) is 0.333. The van der Waals surface area contributed by atoms with E-state index < -0.39 is 5.97 Å². The van der Waals surface area contributed by atoms with E-state index >= 15 is 0 Å². The lowest BCUT2D eigenvalue weighted by Crippen LogP contribution is -2.22. The Bertz CT molecular complexity index is 605. The second kappa shape index (κ2) is 4.53. The summed E-state index contributed by atoms with van der Waals surface area (Å²) in [5, 5.41) is 9.11. The summed E-state index contributed by atoms with van der Waals surface area (Å²) < 4.78 is 2.13. The standard InChI is InChI=1S/C15H16N2O2/c1-10-13-8-12(15(18)19)3-2-11(13)4-5-14(10)17-7-6-16-9-17/h2-3,6-10,14H,4-5H2,1H3,(H,18,19). The number of hydrogen-bond acceptors (Lipinski definition) is 2. The van der Waals surface area contributed by atoms with Gasteiger partial charge in [0, 0.05) is 24.4 Å². The number of imidazole rings is 1. The quantitative estimate of drug-likeness (QED) is 0.898. The lowest BCUT2D eigenvalue weighted by atomic mass is 9.79. The molecule has 4 nitrogen and oxygen atoms in total. The molecule has 3 rings (SSSR count). The number of aryl methyl sites for hydroxylation is 1. The Morgan fingerprint density at radius 3 is 3.00 bits per heavy atom. The number of hydrogen-bond donors (Lipinski definition) is 1. The van der Waals surface area contributed by atoms with Gasteiger partial charge in [0.2, 0.25) is 0 Å². The normalized spacial score (nSPS) is 21.9. The Kier molecular flexibility index (Phi) is 2.85. The second-order valence-corrected chi connectivity index (χ2v) is 5.12. The van der Waals surface area contributed by atoms with E-state index in [0.717, 1.165) is 18.4 Å². The SMILES string of the molecule is CC1c2cc(C(=O)O)ccc2CCC1n1ccnc1. The van der Waals surface area contributed by atoms with Crippen LogP contribution in [-0.2, 0) is 6.42 Å². The molecule has 2 atom stereocenters. The molecule has 0 saturated carbocycles. The maximum Gasteiger partial charge on any atom is 0.335 e. The third kappa shape index (κ3) is 2.03. The van der Waals surface area contributed by atoms with E-state index in [0.29, 0.717) is 17.5 Å². The largest absolute Gasteiger partial charge is 0.478 e. The van der Waals surface area contributed by atoms with Crippen LogP contribution in [0.25, 0.3) is 0 Å². The van der Waals surface area contributed by atoms with E-state index in [-0.39, 0.29) is 0 Å². The van der Waals surface area contributed by atoms with E-state index in [4.69, 9.17) is 5.11 Å². The molecule has 1 heterocycles. The fourth-order valence-electron chi connectivity index (χ4n) is 3.01. The van der Waals surface area contributed by atoms with Crippen molar-refractivity contribution in [2.24, 2.45) is 0 Å². The predicted octanol–water partition coefficient (Wildman–Crippen LogP) is 2.87. The van der Waals surface area contributed by atoms with Gasteiger partial charge in [0.15, 0.2) is 0 Å². The van der Waals surface area contributed by atoms with Gasteiger partial charge in [-0.25, -0.2) is 9.78 Å². The molecule has 1 aliphatic carbocycles. The van der Waals surface area contributed by atoms with Gasteiger partial charge >= 0.3 is 5.97 Å². The second-order valence-electron chi connectivity index (χ2n) is 5.12. The summed E-state index contributed by atoms with van der Waals surface area (Å²) in [5.41, 5.74) is 2.80. The van der Waals surface area contributed by atoms with Crippen molar-refractivity contribution in [3.63, 3.8) is 0 Å². The van der Waals surface area contributed by atoms with Gasteiger partial charge in [0.05, 0.1) is 11.9 Å². The Labute approximate surface area is 111 Å². The van der Waals surface area contributed by atoms with E-state index in [2.05, 4.69) is 16.5 Å². The number of rotatable bonds is 2. The number of aromatic carboxylic acids is 1. The van der Waals surface area contributed by atoms with E-state index in [9.17, 15) is 4.79 Å². The molecular weight excluding hydrogens is 240 g/mol. The fourth-order valence-corrected chi connectivity index (χ4v) is 3.01. The van der Waals surface area contributed by atoms with Crippen molar-refractivity contribution in [1.82, 2.24) is 9.55 Å². The lowest BCUT2D eigenvalue weighted by Gasteiger charge is -2.32. The number of benzene rings is 1. The van der Waals surface area contributed by atoms with Gasteiger partial charge < -0.3 is 9.67 Å². The summed E-state index contributed by atoms with van der Waals surface area (Å²) in [6.07, 6.45) is 7.66. The molecule has 0 bridgehead atoms. The number of fused-ring (bicyclic) bond motifs is 1. The van der Waals surface area contributed by atoms with Crippen LogP contribution in [0.3, 0.4) is 0 Å². The van der Waals surface area contributed by atoms with Gasteiger partial charge in [0.25, 0.3) is 0 Å². The van der Waals surface area contributed by atoms with E-state index in [1.807, 2.05) is 24.7 Å². The minimum atomic E-state index is -0.861. The summed E-state index contributed by atoms with van der Waals surface area (Å²) >= 11 is 0. The van der Waals surface area contributed by atoms with Crippen LogP contribution in [0.2, 0.25) is 0 Å². The highest BCUT2D eigenvalue weighted by molar-refractivity contribution is 5.88. The Morgan fingerprint density at radius 2 is 2.32 bits per heavy atom. The zero-order chi connectivity index (χ0) is 13.4. The van der Waals surface area contributed by atoms with Crippen LogP contribution in [0.5, 0.6) is 0 Å². The Balaban J connectivity index is 2.00. The van der Waals surface area contributed by atoms with Gasteiger partial charge in [-0.15, -0.1) is 0 Å². The predicted molar refractivity (Wildman–Crippen MR) is 71.4 cm³/mol. The van der Waals surface area contributed by atoms with Gasteiger partial charge in [-0.3, -0.25) is 0 Å². The van der Waals surface area contributed by atoms with Crippen molar-refractivity contribution in [1.29, 1.82) is 0 Å². The van der Waals surface area contributed by atoms with E-state index in [1.54, 1.807) is 12.3 Å². The smallest absolute Gasteiger partial charge is 0.335 e. The van der Waals surface area contributed by atoms with Crippen LogP contribution in [0.15, 0.2) is 36.9 Å². The average Bonchev–Trinajstić information content (AvgIpc) is 2.92. The van der Waals surface area contributed by atoms with Crippen molar-refractivity contribution in [2.45, 2.75) is 31.7 Å². The first-order valence-corrected chi connectivity index (χ1v) is 6.50. The molecule has 0 aliphatic heterocycles. The molecule has 1 aromatic heterocycles. The topological polar surface area (TPSA) is 55.1 Å². The maximum atomic E-state index is 11.1. The minimum absolute atomic E-state index is 0.303. The summed E-state index contributed by atoms with van der Waals surface area (Å²) in [5.74, 6) is -0.558. The molecule has 0 amide bonds. The molecule has 4 heteroatoms. The molecule has 0 spiro atoms. The number of carboxylic acid groups (broad SMARTS) is 1.